The van der Waals surface area contributed by atoms with E-state index >= 15 is 0 Å². The monoisotopic (exact) mass is 485 g/mol. The van der Waals surface area contributed by atoms with E-state index in [0.29, 0.717) is 6.29 Å². The van der Waals surface area contributed by atoms with Crippen molar-refractivity contribution in [2.75, 3.05) is 6.54 Å². The summed E-state index contributed by atoms with van der Waals surface area (Å²) in [6.45, 7) is 2.87. The molecule has 0 saturated carbocycles. The van der Waals surface area contributed by atoms with Crippen molar-refractivity contribution in [2.45, 2.75) is 38.1 Å². The molecular weight excluding hydrogens is 466 g/mol. The summed E-state index contributed by atoms with van der Waals surface area (Å²) in [4.78, 5) is 18.1. The van der Waals surface area contributed by atoms with Gasteiger partial charge < -0.3 is 14.5 Å². The third-order valence-corrected chi connectivity index (χ3v) is 5.18. The summed E-state index contributed by atoms with van der Waals surface area (Å²) in [6.07, 6.45) is 1.24. The van der Waals surface area contributed by atoms with Gasteiger partial charge in [0.05, 0.1) is 17.3 Å². The molecule has 0 spiro atoms. The number of benzene rings is 1. The number of rotatable bonds is 4. The SMILES string of the molecule is C[C@@H]1NCCC[C@H]1Oc1ncc(C(F)(F)F)cc1Cl.O=Cc1cccc(F)c1-c1ncco1. The topological polar surface area (TPSA) is 77.2 Å². The van der Waals surface area contributed by atoms with E-state index in [4.69, 9.17) is 20.8 Å². The van der Waals surface area contributed by atoms with Crippen LogP contribution in [-0.4, -0.2) is 34.9 Å². The van der Waals surface area contributed by atoms with E-state index in [1.807, 2.05) is 6.92 Å². The summed E-state index contributed by atoms with van der Waals surface area (Å²) < 4.78 is 61.3. The van der Waals surface area contributed by atoms with Crippen molar-refractivity contribution in [3.05, 3.63) is 64.9 Å². The number of aldehydes is 1. The van der Waals surface area contributed by atoms with E-state index in [1.54, 1.807) is 0 Å². The highest BCUT2D eigenvalue weighted by atomic mass is 35.5. The fraction of sp³-hybridized carbons (Fsp3) is 0.318. The van der Waals surface area contributed by atoms with Gasteiger partial charge in [-0.25, -0.2) is 14.4 Å². The summed E-state index contributed by atoms with van der Waals surface area (Å²) in [7, 11) is 0. The van der Waals surface area contributed by atoms with Gasteiger partial charge in [0, 0.05) is 17.8 Å². The maximum Gasteiger partial charge on any atom is 0.417 e. The Hall–Kier alpha value is -2.98. The number of piperidine rings is 1. The molecule has 11 heteroatoms. The highest BCUT2D eigenvalue weighted by Gasteiger charge is 2.32. The zero-order valence-electron chi connectivity index (χ0n) is 17.4. The molecule has 1 aliphatic heterocycles. The second kappa shape index (κ2) is 10.8. The van der Waals surface area contributed by atoms with Crippen molar-refractivity contribution in [2.24, 2.45) is 0 Å². The van der Waals surface area contributed by atoms with Crippen molar-refractivity contribution < 1.29 is 31.5 Å². The Morgan fingerprint density at radius 3 is 2.70 bits per heavy atom. The minimum Gasteiger partial charge on any atom is -0.472 e. The smallest absolute Gasteiger partial charge is 0.417 e. The lowest BCUT2D eigenvalue weighted by atomic mass is 10.0. The Kier molecular flexibility index (Phi) is 8.04. The molecule has 0 radical (unpaired) electrons. The molecule has 1 aromatic carbocycles. The van der Waals surface area contributed by atoms with Crippen LogP contribution in [0.5, 0.6) is 5.88 Å². The zero-order valence-corrected chi connectivity index (χ0v) is 18.2. The summed E-state index contributed by atoms with van der Waals surface area (Å²) >= 11 is 5.79. The number of alkyl halides is 3. The Morgan fingerprint density at radius 2 is 2.09 bits per heavy atom. The van der Waals surface area contributed by atoms with Crippen LogP contribution in [0.2, 0.25) is 5.02 Å². The molecule has 3 heterocycles. The summed E-state index contributed by atoms with van der Waals surface area (Å²) in [5, 5.41) is 3.11. The molecule has 0 unspecified atom stereocenters. The fourth-order valence-corrected chi connectivity index (χ4v) is 3.41. The first kappa shape index (κ1) is 24.7. The van der Waals surface area contributed by atoms with Gasteiger partial charge in [0.25, 0.3) is 0 Å². The predicted molar refractivity (Wildman–Crippen MR) is 113 cm³/mol. The third kappa shape index (κ3) is 6.29. The normalized spacial score (nSPS) is 18.2. The van der Waals surface area contributed by atoms with Gasteiger partial charge in [0.2, 0.25) is 11.8 Å². The molecule has 1 saturated heterocycles. The Morgan fingerprint density at radius 1 is 1.30 bits per heavy atom. The van der Waals surface area contributed by atoms with E-state index in [9.17, 15) is 22.4 Å². The van der Waals surface area contributed by atoms with Crippen LogP contribution < -0.4 is 10.1 Å². The molecule has 1 aliphatic rings. The van der Waals surface area contributed by atoms with Gasteiger partial charge in [-0.15, -0.1) is 0 Å². The van der Waals surface area contributed by atoms with Crippen LogP contribution in [0.1, 0.15) is 35.7 Å². The second-order valence-electron chi connectivity index (χ2n) is 7.21. The minimum atomic E-state index is -4.45. The molecule has 0 aliphatic carbocycles. The average molecular weight is 486 g/mol. The van der Waals surface area contributed by atoms with Crippen LogP contribution in [0, 0.1) is 5.82 Å². The van der Waals surface area contributed by atoms with Crippen molar-refractivity contribution in [3.8, 4) is 17.3 Å². The van der Waals surface area contributed by atoms with Crippen LogP contribution in [-0.2, 0) is 6.18 Å². The van der Waals surface area contributed by atoms with Gasteiger partial charge >= 0.3 is 6.18 Å². The first-order chi connectivity index (χ1) is 15.7. The van der Waals surface area contributed by atoms with Gasteiger partial charge in [0.1, 0.15) is 23.2 Å². The third-order valence-electron chi connectivity index (χ3n) is 4.91. The largest absolute Gasteiger partial charge is 0.472 e. The van der Waals surface area contributed by atoms with Gasteiger partial charge in [-0.1, -0.05) is 23.7 Å². The Bertz CT molecular complexity index is 1080. The Balaban J connectivity index is 0.000000194. The first-order valence-electron chi connectivity index (χ1n) is 9.97. The Labute approximate surface area is 191 Å². The number of hydrogen-bond donors (Lipinski definition) is 1. The lowest BCUT2D eigenvalue weighted by Crippen LogP contribution is -2.45. The molecule has 176 valence electrons. The van der Waals surface area contributed by atoms with E-state index in [2.05, 4.69) is 15.3 Å². The minimum absolute atomic E-state index is 0.0511. The summed E-state index contributed by atoms with van der Waals surface area (Å²) in [5.74, 6) is -0.350. The van der Waals surface area contributed by atoms with E-state index in [1.165, 1.54) is 30.7 Å². The van der Waals surface area contributed by atoms with Crippen molar-refractivity contribution in [3.63, 3.8) is 0 Å². The molecule has 6 nitrogen and oxygen atoms in total. The zero-order chi connectivity index (χ0) is 24.0. The van der Waals surface area contributed by atoms with Crippen molar-refractivity contribution in [1.82, 2.24) is 15.3 Å². The van der Waals surface area contributed by atoms with E-state index in [0.717, 1.165) is 31.6 Å². The molecule has 2 aromatic heterocycles. The van der Waals surface area contributed by atoms with E-state index in [-0.39, 0.29) is 40.1 Å². The number of halogens is 5. The molecule has 0 amide bonds. The highest BCUT2D eigenvalue weighted by Crippen LogP contribution is 2.34. The van der Waals surface area contributed by atoms with Crippen molar-refractivity contribution in [1.29, 1.82) is 0 Å². The second-order valence-corrected chi connectivity index (χ2v) is 7.62. The number of carbonyl (C=O) groups excluding carboxylic acids is 1. The number of hydrogen-bond acceptors (Lipinski definition) is 6. The lowest BCUT2D eigenvalue weighted by molar-refractivity contribution is -0.137. The number of ether oxygens (including phenoxy) is 1. The van der Waals surface area contributed by atoms with Gasteiger partial charge in [0.15, 0.2) is 6.29 Å². The van der Waals surface area contributed by atoms with Crippen LogP contribution >= 0.6 is 11.6 Å². The van der Waals surface area contributed by atoms with Gasteiger partial charge in [-0.3, -0.25) is 4.79 Å². The molecule has 0 bridgehead atoms. The van der Waals surface area contributed by atoms with Crippen molar-refractivity contribution >= 4 is 17.9 Å². The van der Waals surface area contributed by atoms with Gasteiger partial charge in [-0.2, -0.15) is 13.2 Å². The van der Waals surface area contributed by atoms with Crippen LogP contribution in [0.25, 0.3) is 11.5 Å². The number of nitrogens with one attached hydrogen (secondary N) is 1. The quantitative estimate of drug-likeness (QED) is 0.385. The maximum atomic E-state index is 13.3. The molecule has 33 heavy (non-hydrogen) atoms. The molecular formula is C22H20ClF4N3O3. The summed E-state index contributed by atoms with van der Waals surface area (Å²) in [5.41, 5.74) is -0.542. The molecule has 1 N–H and O–H groups in total. The number of carbonyl (C=O) groups is 1. The van der Waals surface area contributed by atoms with Crippen LogP contribution in [0.4, 0.5) is 17.6 Å². The first-order valence-corrected chi connectivity index (χ1v) is 10.3. The number of oxazole rings is 1. The molecule has 2 atom stereocenters. The number of aromatic nitrogens is 2. The van der Waals surface area contributed by atoms with Crippen LogP contribution in [0.3, 0.4) is 0 Å². The lowest BCUT2D eigenvalue weighted by Gasteiger charge is -2.30. The number of pyridine rings is 1. The number of nitrogens with zero attached hydrogens (tertiary/aromatic N) is 2. The van der Waals surface area contributed by atoms with Gasteiger partial charge in [-0.05, 0) is 38.4 Å². The summed E-state index contributed by atoms with van der Waals surface area (Å²) in [6, 6.07) is 5.19. The molecule has 4 rings (SSSR count). The highest BCUT2D eigenvalue weighted by molar-refractivity contribution is 6.31. The average Bonchev–Trinajstić information content (AvgIpc) is 3.30. The maximum absolute atomic E-state index is 13.3. The van der Waals surface area contributed by atoms with Crippen LogP contribution in [0.15, 0.2) is 47.3 Å². The molecule has 3 aromatic rings. The predicted octanol–water partition coefficient (Wildman–Crippen LogP) is 5.57. The fourth-order valence-electron chi connectivity index (χ4n) is 3.20. The van der Waals surface area contributed by atoms with E-state index < -0.39 is 17.6 Å². The molecule has 1 fully saturated rings. The standard InChI is InChI=1S/C12H14ClF3N2O.C10H6FNO2/c1-7-10(3-2-4-17-7)19-11-9(13)5-8(6-18-11)12(14,15)16;11-8-3-1-2-7(6-13)9(8)10-12-4-5-14-10/h5-7,10,17H,2-4H2,1H3;1-6H/t7-,10+;/m0./s1.